The van der Waals surface area contributed by atoms with Crippen molar-refractivity contribution in [2.45, 2.75) is 64.7 Å². The van der Waals surface area contributed by atoms with E-state index in [1.807, 2.05) is 0 Å². The van der Waals surface area contributed by atoms with Gasteiger partial charge < -0.3 is 40.3 Å². The number of carbonyl (C=O) groups excluding carboxylic acids is 5. The quantitative estimate of drug-likeness (QED) is 0.0557. The predicted octanol–water partition coefficient (Wildman–Crippen LogP) is 1.71. The van der Waals surface area contributed by atoms with E-state index in [1.165, 1.54) is 12.5 Å². The SMILES string of the molecule is C=C1S[C@@H]2[C@H](NC(=O)/C(=N\OC)c3csc(N)n3)C(=O)N2C(C(=O)O)=C1CSc1nc(C(=O)OC)nn1CC(=O)OCOC(=O)C(C)(C)C.CC(C)(C)C(=O)O. The predicted molar refractivity (Wildman–Crippen MR) is 200 cm³/mol. The molecule has 0 spiro atoms. The molecule has 2 aromatic heterocycles. The molecule has 0 bridgehead atoms. The van der Waals surface area contributed by atoms with Crippen molar-refractivity contribution in [3.8, 4) is 0 Å². The minimum absolute atomic E-state index is 0.00564. The standard InChI is InChI=1S/C27H30N8O11S3.C5H10O2/c1-11-12(8-48-26-31-18(23(41)43-5)32-34(26)7-14(36)45-10-46-24(42)27(2,3)4)17(22(39)40)35-20(38)16(21(35)49-11)30-19(37)15(33-44-6)13-9-47-25(28)29-13;1-5(2,3)4(6)7/h9,16,21H,1,7-8,10H2,2-6H3,(H2,28,29)(H,30,37)(H,39,40);1-3H3,(H,6,7)/b33-15-;/t16-,21-;/m1./s1. The van der Waals surface area contributed by atoms with Crippen molar-refractivity contribution in [2.24, 2.45) is 16.0 Å². The summed E-state index contributed by atoms with van der Waals surface area (Å²) >= 11 is 3.00. The van der Waals surface area contributed by atoms with E-state index in [-0.39, 0.29) is 43.6 Å². The number of rotatable bonds is 13. The van der Waals surface area contributed by atoms with Gasteiger partial charge >= 0.3 is 29.8 Å². The van der Waals surface area contributed by atoms with E-state index in [0.717, 1.165) is 51.6 Å². The number of nitrogens with zero attached hydrogens (tertiary/aromatic N) is 6. The first kappa shape index (κ1) is 44.9. The molecule has 24 heteroatoms. The molecule has 4 rings (SSSR count). The summed E-state index contributed by atoms with van der Waals surface area (Å²) < 4.78 is 15.6. The smallest absolute Gasteiger partial charge is 0.377 e. The van der Waals surface area contributed by atoms with Gasteiger partial charge in [-0.3, -0.25) is 24.1 Å². The number of nitrogens with one attached hydrogen (secondary N) is 1. The number of thioether (sulfide) groups is 2. The number of fused-ring (bicyclic) bond motifs is 1. The highest BCUT2D eigenvalue weighted by atomic mass is 32.2. The molecule has 4 heterocycles. The number of methoxy groups -OCH3 is 1. The first-order chi connectivity index (χ1) is 26.0. The molecule has 21 nitrogen and oxygen atoms in total. The van der Waals surface area contributed by atoms with Gasteiger partial charge in [0, 0.05) is 21.6 Å². The van der Waals surface area contributed by atoms with Gasteiger partial charge in [-0.2, -0.15) is 4.98 Å². The Labute approximate surface area is 332 Å². The average Bonchev–Trinajstić information content (AvgIpc) is 3.72. The molecule has 0 unspecified atom stereocenters. The number of anilines is 1. The molecule has 2 aromatic rings. The third-order valence-corrected chi connectivity index (χ3v) is 10.0. The van der Waals surface area contributed by atoms with Gasteiger partial charge in [0.15, 0.2) is 16.0 Å². The summed E-state index contributed by atoms with van der Waals surface area (Å²) in [7, 11) is 2.33. The van der Waals surface area contributed by atoms with Gasteiger partial charge in [0.1, 0.15) is 36.5 Å². The lowest BCUT2D eigenvalue weighted by molar-refractivity contribution is -0.173. The Hall–Kier alpha value is -5.49. The molecule has 56 heavy (non-hydrogen) atoms. The van der Waals surface area contributed by atoms with E-state index in [4.69, 9.17) is 25.2 Å². The van der Waals surface area contributed by atoms with Crippen molar-refractivity contribution < 1.29 is 62.8 Å². The van der Waals surface area contributed by atoms with E-state index in [9.17, 15) is 38.7 Å². The minimum Gasteiger partial charge on any atom is -0.481 e. The fourth-order valence-electron chi connectivity index (χ4n) is 4.12. The number of hydrogen-bond acceptors (Lipinski definition) is 19. The van der Waals surface area contributed by atoms with Crippen molar-refractivity contribution >= 4 is 87.4 Å². The fourth-order valence-corrected chi connectivity index (χ4v) is 6.98. The molecule has 2 amide bonds. The number of carbonyl (C=O) groups is 7. The molecule has 304 valence electrons. The zero-order valence-electron chi connectivity index (χ0n) is 31.4. The van der Waals surface area contributed by atoms with E-state index < -0.39 is 83.1 Å². The van der Waals surface area contributed by atoms with Crippen molar-refractivity contribution in [2.75, 3.05) is 32.5 Å². The Morgan fingerprint density at radius 2 is 1.70 bits per heavy atom. The van der Waals surface area contributed by atoms with Crippen LogP contribution in [0.3, 0.4) is 0 Å². The number of thiazole rings is 1. The van der Waals surface area contributed by atoms with E-state index in [1.54, 1.807) is 41.5 Å². The zero-order chi connectivity index (χ0) is 42.3. The fraction of sp³-hybridized carbons (Fsp3) is 0.469. The van der Waals surface area contributed by atoms with Crippen LogP contribution in [0.1, 0.15) is 57.9 Å². The number of nitrogens with two attached hydrogens (primary N) is 1. The Balaban J connectivity index is 0.00000109. The first-order valence-corrected chi connectivity index (χ1v) is 18.8. The Morgan fingerprint density at radius 3 is 2.21 bits per heavy atom. The summed E-state index contributed by atoms with van der Waals surface area (Å²) in [5.74, 6) is -6.63. The number of amides is 2. The number of nitrogen functional groups attached to an aromatic ring is 1. The van der Waals surface area contributed by atoms with Crippen molar-refractivity contribution in [3.63, 3.8) is 0 Å². The zero-order valence-corrected chi connectivity index (χ0v) is 33.9. The van der Waals surface area contributed by atoms with Crippen LogP contribution in [0.2, 0.25) is 0 Å². The molecule has 2 atom stereocenters. The van der Waals surface area contributed by atoms with Crippen molar-refractivity contribution in [1.29, 1.82) is 0 Å². The Bertz CT molecular complexity index is 1980. The maximum Gasteiger partial charge on any atom is 0.377 e. The lowest BCUT2D eigenvalue weighted by atomic mass is 9.98. The van der Waals surface area contributed by atoms with Crippen molar-refractivity contribution in [3.05, 3.63) is 39.7 Å². The number of aliphatic carboxylic acids is 2. The lowest BCUT2D eigenvalue weighted by Crippen LogP contribution is -2.70. The summed E-state index contributed by atoms with van der Waals surface area (Å²) in [5, 5.41) is 29.4. The second kappa shape index (κ2) is 18.4. The van der Waals surface area contributed by atoms with E-state index >= 15 is 0 Å². The monoisotopic (exact) mass is 840 g/mol. The average molecular weight is 841 g/mol. The Kier molecular flexibility index (Phi) is 14.8. The molecule has 5 N–H and O–H groups in total. The third-order valence-electron chi connectivity index (χ3n) is 7.11. The largest absolute Gasteiger partial charge is 0.481 e. The van der Waals surface area contributed by atoms with Crippen LogP contribution in [0.15, 0.2) is 38.4 Å². The normalized spacial score (nSPS) is 16.8. The number of ether oxygens (including phenoxy) is 3. The summed E-state index contributed by atoms with van der Waals surface area (Å²) in [6, 6.07) is -1.14. The van der Waals surface area contributed by atoms with Gasteiger partial charge in [-0.1, -0.05) is 35.3 Å². The molecule has 2 aliphatic heterocycles. The molecular weight excluding hydrogens is 801 g/mol. The second-order valence-corrected chi connectivity index (χ2v) is 16.5. The first-order valence-electron chi connectivity index (χ1n) is 16.0. The Morgan fingerprint density at radius 1 is 1.05 bits per heavy atom. The topological polar surface area (TPSA) is 294 Å². The van der Waals surface area contributed by atoms with Crippen LogP contribution in [0.25, 0.3) is 0 Å². The van der Waals surface area contributed by atoms with Crippen LogP contribution < -0.4 is 11.1 Å². The highest BCUT2D eigenvalue weighted by Gasteiger charge is 2.55. The summed E-state index contributed by atoms with van der Waals surface area (Å²) in [6.45, 7) is 12.6. The number of hydrogen-bond donors (Lipinski definition) is 4. The van der Waals surface area contributed by atoms with Gasteiger partial charge in [0.25, 0.3) is 17.6 Å². The number of carboxylic acid groups (broad SMARTS) is 2. The van der Waals surface area contributed by atoms with Gasteiger partial charge in [-0.25, -0.2) is 24.0 Å². The molecule has 2 aliphatic rings. The summed E-state index contributed by atoms with van der Waals surface area (Å²) in [4.78, 5) is 99.6. The lowest BCUT2D eigenvalue weighted by Gasteiger charge is -2.49. The summed E-state index contributed by atoms with van der Waals surface area (Å²) in [6.07, 6.45) is 0. The molecule has 0 saturated carbocycles. The number of oxime groups is 1. The van der Waals surface area contributed by atoms with Crippen LogP contribution in [-0.2, 0) is 54.4 Å². The van der Waals surface area contributed by atoms with Crippen LogP contribution in [-0.4, -0.2) is 120 Å². The van der Waals surface area contributed by atoms with E-state index in [0.29, 0.717) is 0 Å². The van der Waals surface area contributed by atoms with Crippen LogP contribution >= 0.6 is 34.9 Å². The number of carboxylic acids is 2. The number of allylic oxidation sites excluding steroid dienone is 1. The molecule has 0 aromatic carbocycles. The molecule has 0 aliphatic carbocycles. The maximum absolute atomic E-state index is 13.3. The number of esters is 3. The number of aromatic nitrogens is 4. The van der Waals surface area contributed by atoms with Gasteiger partial charge in [0.05, 0.1) is 17.9 Å². The molecule has 0 radical (unpaired) electrons. The van der Waals surface area contributed by atoms with Gasteiger partial charge in [0.2, 0.25) is 6.79 Å². The van der Waals surface area contributed by atoms with Crippen molar-refractivity contribution in [1.82, 2.24) is 30.0 Å². The summed E-state index contributed by atoms with van der Waals surface area (Å²) in [5.41, 5.74) is 3.90. The second-order valence-electron chi connectivity index (χ2n) is 13.4. The number of β-lactam (4-membered cyclic amide) rings is 1. The van der Waals surface area contributed by atoms with E-state index in [2.05, 4.69) is 36.9 Å². The van der Waals surface area contributed by atoms with Crippen LogP contribution in [0.4, 0.5) is 5.13 Å². The highest BCUT2D eigenvalue weighted by Crippen LogP contribution is 2.47. The van der Waals surface area contributed by atoms with Crippen LogP contribution in [0.5, 0.6) is 0 Å². The molecule has 1 fully saturated rings. The van der Waals surface area contributed by atoms with Gasteiger partial charge in [-0.05, 0) is 41.5 Å². The maximum atomic E-state index is 13.3. The highest BCUT2D eigenvalue weighted by molar-refractivity contribution is 8.04. The third kappa shape index (κ3) is 11.1. The van der Waals surface area contributed by atoms with Gasteiger partial charge in [-0.15, -0.1) is 16.4 Å². The molecule has 1 saturated heterocycles. The minimum atomic E-state index is -1.44. The van der Waals surface area contributed by atoms with Crippen LogP contribution in [0, 0.1) is 10.8 Å². The molecular formula is C32H40N8O13S3.